The molecule has 1 aliphatic heterocycles. The van der Waals surface area contributed by atoms with E-state index in [1.54, 1.807) is 54.6 Å². The first-order valence-electron chi connectivity index (χ1n) is 9.57. The number of rotatable bonds is 6. The average Bonchev–Trinajstić information content (AvgIpc) is 3.03. The number of halogens is 2. The second-order valence-corrected chi connectivity index (χ2v) is 7.69. The molecule has 2 amide bonds. The van der Waals surface area contributed by atoms with Crippen molar-refractivity contribution in [2.24, 2.45) is 0 Å². The number of hydrogen-bond donors (Lipinski definition) is 1. The summed E-state index contributed by atoms with van der Waals surface area (Å²) in [6.07, 6.45) is 0. The quantitative estimate of drug-likeness (QED) is 0.490. The van der Waals surface area contributed by atoms with E-state index in [4.69, 9.17) is 32.7 Å². The van der Waals surface area contributed by atoms with Crippen molar-refractivity contribution in [2.45, 2.75) is 0 Å². The number of amides is 2. The van der Waals surface area contributed by atoms with Crippen LogP contribution in [0.3, 0.4) is 0 Å². The van der Waals surface area contributed by atoms with Gasteiger partial charge in [-0.25, -0.2) is 4.90 Å². The Kier molecular flexibility index (Phi) is 6.08. The van der Waals surface area contributed by atoms with Crippen LogP contribution in [-0.4, -0.2) is 26.0 Å². The molecular weight excluding hydrogens is 451 g/mol. The zero-order valence-electron chi connectivity index (χ0n) is 17.2. The van der Waals surface area contributed by atoms with E-state index in [2.05, 4.69) is 5.32 Å². The number of methoxy groups -OCH3 is 2. The normalized spacial score (nSPS) is 13.6. The smallest absolute Gasteiger partial charge is 0.282 e. The first kappa shape index (κ1) is 21.7. The molecule has 162 valence electrons. The molecule has 4 rings (SSSR count). The molecule has 0 radical (unpaired) electrons. The molecule has 0 atom stereocenters. The predicted octanol–water partition coefficient (Wildman–Crippen LogP) is 5.41. The van der Waals surface area contributed by atoms with Crippen LogP contribution in [0.15, 0.2) is 72.4 Å². The summed E-state index contributed by atoms with van der Waals surface area (Å²) in [6, 6.07) is 18.7. The number of carbonyl (C=O) groups excluding carboxylic acids is 2. The zero-order valence-corrected chi connectivity index (χ0v) is 18.7. The summed E-state index contributed by atoms with van der Waals surface area (Å²) in [7, 11) is 3.00. The van der Waals surface area contributed by atoms with Crippen LogP contribution < -0.4 is 19.7 Å². The summed E-state index contributed by atoms with van der Waals surface area (Å²) >= 11 is 12.4. The molecule has 0 aromatic heterocycles. The van der Waals surface area contributed by atoms with Crippen LogP contribution in [0.5, 0.6) is 11.5 Å². The molecule has 8 heteroatoms. The van der Waals surface area contributed by atoms with Crippen LogP contribution in [0.2, 0.25) is 10.0 Å². The minimum Gasteiger partial charge on any atom is -0.495 e. The molecule has 3 aromatic carbocycles. The van der Waals surface area contributed by atoms with E-state index in [0.717, 1.165) is 4.90 Å². The van der Waals surface area contributed by atoms with E-state index in [1.807, 2.05) is 6.07 Å². The lowest BCUT2D eigenvalue weighted by molar-refractivity contribution is -0.120. The molecule has 3 aromatic rings. The highest BCUT2D eigenvalue weighted by molar-refractivity contribution is 6.46. The number of imide groups is 1. The average molecular weight is 469 g/mol. The second-order valence-electron chi connectivity index (χ2n) is 6.85. The molecule has 0 fully saturated rings. The van der Waals surface area contributed by atoms with Crippen LogP contribution in [0.25, 0.3) is 5.57 Å². The van der Waals surface area contributed by atoms with Crippen LogP contribution >= 0.6 is 23.2 Å². The van der Waals surface area contributed by atoms with E-state index >= 15 is 0 Å². The lowest BCUT2D eigenvalue weighted by Crippen LogP contribution is -2.32. The monoisotopic (exact) mass is 468 g/mol. The summed E-state index contributed by atoms with van der Waals surface area (Å²) in [5.74, 6) is -0.101. The van der Waals surface area contributed by atoms with Gasteiger partial charge in [0.2, 0.25) is 0 Å². The maximum Gasteiger partial charge on any atom is 0.282 e. The molecule has 0 bridgehead atoms. The van der Waals surface area contributed by atoms with Crippen LogP contribution in [-0.2, 0) is 9.59 Å². The van der Waals surface area contributed by atoms with E-state index < -0.39 is 11.8 Å². The number of carbonyl (C=O) groups is 2. The maximum absolute atomic E-state index is 13.5. The molecule has 6 nitrogen and oxygen atoms in total. The van der Waals surface area contributed by atoms with Gasteiger partial charge >= 0.3 is 0 Å². The highest BCUT2D eigenvalue weighted by Crippen LogP contribution is 2.38. The lowest BCUT2D eigenvalue weighted by Gasteiger charge is -2.17. The van der Waals surface area contributed by atoms with Gasteiger partial charge in [-0.05, 0) is 42.0 Å². The lowest BCUT2D eigenvalue weighted by atomic mass is 10.0. The van der Waals surface area contributed by atoms with Crippen molar-refractivity contribution in [3.63, 3.8) is 0 Å². The molecule has 0 saturated carbocycles. The van der Waals surface area contributed by atoms with E-state index in [1.165, 1.54) is 20.3 Å². The molecular formula is C24H18Cl2N2O4. The van der Waals surface area contributed by atoms with Crippen molar-refractivity contribution in [3.8, 4) is 11.5 Å². The zero-order chi connectivity index (χ0) is 22.8. The van der Waals surface area contributed by atoms with Gasteiger partial charge in [-0.1, -0.05) is 53.5 Å². The third-order valence-corrected chi connectivity index (χ3v) is 5.49. The highest BCUT2D eigenvalue weighted by atomic mass is 35.5. The first-order chi connectivity index (χ1) is 15.4. The Labute approximate surface area is 195 Å². The predicted molar refractivity (Wildman–Crippen MR) is 125 cm³/mol. The molecule has 0 unspecified atom stereocenters. The molecule has 0 saturated heterocycles. The van der Waals surface area contributed by atoms with Gasteiger partial charge < -0.3 is 14.8 Å². The SMILES string of the molecule is COc1ccc(N2C(=O)C(Nc3cc(Cl)ccc3OC)=C(c3ccccc3)C2=O)cc1Cl. The summed E-state index contributed by atoms with van der Waals surface area (Å²) < 4.78 is 10.6. The van der Waals surface area contributed by atoms with E-state index in [9.17, 15) is 9.59 Å². The van der Waals surface area contributed by atoms with Gasteiger partial charge in [-0.3, -0.25) is 9.59 Å². The van der Waals surface area contributed by atoms with Gasteiger partial charge in [0.05, 0.1) is 36.2 Å². The van der Waals surface area contributed by atoms with Crippen molar-refractivity contribution < 1.29 is 19.1 Å². The van der Waals surface area contributed by atoms with Gasteiger partial charge in [-0.15, -0.1) is 0 Å². The Morgan fingerprint density at radius 1 is 0.812 bits per heavy atom. The number of nitrogens with one attached hydrogen (secondary N) is 1. The van der Waals surface area contributed by atoms with Gasteiger partial charge in [0, 0.05) is 5.02 Å². The Balaban J connectivity index is 1.83. The van der Waals surface area contributed by atoms with Crippen LogP contribution in [0, 0.1) is 0 Å². The summed E-state index contributed by atoms with van der Waals surface area (Å²) in [6.45, 7) is 0. The van der Waals surface area contributed by atoms with Crippen molar-refractivity contribution in [1.82, 2.24) is 0 Å². The molecule has 1 aliphatic rings. The number of benzene rings is 3. The summed E-state index contributed by atoms with van der Waals surface area (Å²) in [5.41, 5.74) is 1.71. The first-order valence-corrected chi connectivity index (χ1v) is 10.3. The standard InChI is InChI=1S/C24H18Cl2N2O4/c1-31-19-11-9-16(13-17(19)26)28-23(29)21(14-6-4-3-5-7-14)22(24(28)30)27-18-12-15(25)8-10-20(18)32-2/h3-13,27H,1-2H3. The third kappa shape index (κ3) is 3.90. The molecule has 1 heterocycles. The molecule has 0 spiro atoms. The Hall–Kier alpha value is -3.48. The third-order valence-electron chi connectivity index (χ3n) is 4.96. The van der Waals surface area contributed by atoms with Crippen LogP contribution in [0.1, 0.15) is 5.56 Å². The number of ether oxygens (including phenoxy) is 2. The van der Waals surface area contributed by atoms with Gasteiger partial charge in [0.25, 0.3) is 11.8 Å². The van der Waals surface area contributed by atoms with Crippen molar-refractivity contribution in [3.05, 3.63) is 88.0 Å². The summed E-state index contributed by atoms with van der Waals surface area (Å²) in [5, 5.41) is 3.80. The number of hydrogen-bond acceptors (Lipinski definition) is 5. The Bertz CT molecular complexity index is 1240. The second kappa shape index (κ2) is 8.94. The molecule has 32 heavy (non-hydrogen) atoms. The van der Waals surface area contributed by atoms with Crippen LogP contribution in [0.4, 0.5) is 11.4 Å². The minimum absolute atomic E-state index is 0.105. The summed E-state index contributed by atoms with van der Waals surface area (Å²) in [4.78, 5) is 28.0. The van der Waals surface area contributed by atoms with Gasteiger partial charge in [-0.2, -0.15) is 0 Å². The van der Waals surface area contributed by atoms with Crippen molar-refractivity contribution in [1.29, 1.82) is 0 Å². The molecule has 1 N–H and O–H groups in total. The topological polar surface area (TPSA) is 67.9 Å². The fourth-order valence-corrected chi connectivity index (χ4v) is 3.88. The Morgan fingerprint density at radius 3 is 2.16 bits per heavy atom. The van der Waals surface area contributed by atoms with Crippen molar-refractivity contribution >= 4 is 52.0 Å². The van der Waals surface area contributed by atoms with E-state index in [0.29, 0.717) is 33.5 Å². The van der Waals surface area contributed by atoms with Gasteiger partial charge in [0.1, 0.15) is 17.2 Å². The van der Waals surface area contributed by atoms with Gasteiger partial charge in [0.15, 0.2) is 0 Å². The minimum atomic E-state index is -0.530. The highest BCUT2D eigenvalue weighted by Gasteiger charge is 2.40. The van der Waals surface area contributed by atoms with Crippen molar-refractivity contribution in [2.75, 3.05) is 24.4 Å². The molecule has 0 aliphatic carbocycles. The Morgan fingerprint density at radius 2 is 1.50 bits per heavy atom. The largest absolute Gasteiger partial charge is 0.495 e. The van der Waals surface area contributed by atoms with E-state index in [-0.39, 0.29) is 16.3 Å². The number of anilines is 2. The maximum atomic E-state index is 13.5. The fourth-order valence-electron chi connectivity index (χ4n) is 3.46. The number of nitrogens with zero attached hydrogens (tertiary/aromatic N) is 1. The fraction of sp³-hybridized carbons (Fsp3) is 0.0833.